The molecule has 0 radical (unpaired) electrons. The molecule has 0 amide bonds. The number of hydrogen-bond donors (Lipinski definition) is 1. The Hall–Kier alpha value is -1.30. The van der Waals surface area contributed by atoms with Gasteiger partial charge in [0.1, 0.15) is 5.82 Å². The highest BCUT2D eigenvalue weighted by Gasteiger charge is 2.06. The van der Waals surface area contributed by atoms with Crippen LogP contribution in [0.4, 0.5) is 0 Å². The van der Waals surface area contributed by atoms with Crippen LogP contribution in [0.1, 0.15) is 11.5 Å². The number of rotatable bonds is 9. The van der Waals surface area contributed by atoms with Gasteiger partial charge < -0.3 is 14.6 Å². The third-order valence-corrected chi connectivity index (χ3v) is 4.25. The SMILES string of the molecule is COCCNCc1cnc(C)n1CCSc1ccccc1. The molecule has 0 fully saturated rings. The molecule has 1 aromatic heterocycles. The van der Waals surface area contributed by atoms with Gasteiger partial charge >= 0.3 is 0 Å². The lowest BCUT2D eigenvalue weighted by Crippen LogP contribution is -2.21. The molecular formula is C16H23N3OS. The highest BCUT2D eigenvalue weighted by molar-refractivity contribution is 7.99. The molecule has 114 valence electrons. The lowest BCUT2D eigenvalue weighted by atomic mass is 10.4. The molecule has 21 heavy (non-hydrogen) atoms. The van der Waals surface area contributed by atoms with Crippen LogP contribution in [0.15, 0.2) is 41.4 Å². The first-order valence-electron chi connectivity index (χ1n) is 7.19. The topological polar surface area (TPSA) is 39.1 Å². The minimum Gasteiger partial charge on any atom is -0.383 e. The van der Waals surface area contributed by atoms with E-state index < -0.39 is 0 Å². The molecule has 1 aromatic carbocycles. The van der Waals surface area contributed by atoms with Crippen LogP contribution in [-0.2, 0) is 17.8 Å². The summed E-state index contributed by atoms with van der Waals surface area (Å²) in [6.07, 6.45) is 1.96. The fraction of sp³-hybridized carbons (Fsp3) is 0.438. The van der Waals surface area contributed by atoms with Crippen molar-refractivity contribution >= 4 is 11.8 Å². The van der Waals surface area contributed by atoms with Crippen molar-refractivity contribution in [1.82, 2.24) is 14.9 Å². The summed E-state index contributed by atoms with van der Waals surface area (Å²) in [5.41, 5.74) is 1.23. The Labute approximate surface area is 130 Å². The van der Waals surface area contributed by atoms with Crippen LogP contribution in [0.25, 0.3) is 0 Å². The summed E-state index contributed by atoms with van der Waals surface area (Å²) in [7, 11) is 1.72. The molecule has 0 saturated carbocycles. The number of methoxy groups -OCH3 is 1. The molecule has 0 atom stereocenters. The van der Waals surface area contributed by atoms with Gasteiger partial charge in [0.15, 0.2) is 0 Å². The lowest BCUT2D eigenvalue weighted by molar-refractivity contribution is 0.199. The summed E-state index contributed by atoms with van der Waals surface area (Å²) in [5.74, 6) is 2.12. The maximum absolute atomic E-state index is 5.04. The van der Waals surface area contributed by atoms with Crippen molar-refractivity contribution in [2.75, 3.05) is 26.0 Å². The first kappa shape index (κ1) is 16.1. The van der Waals surface area contributed by atoms with E-state index in [4.69, 9.17) is 4.74 Å². The molecule has 4 nitrogen and oxygen atoms in total. The van der Waals surface area contributed by atoms with Crippen molar-refractivity contribution in [3.63, 3.8) is 0 Å². The molecule has 0 spiro atoms. The monoisotopic (exact) mass is 305 g/mol. The van der Waals surface area contributed by atoms with Gasteiger partial charge in [-0.2, -0.15) is 0 Å². The van der Waals surface area contributed by atoms with Crippen molar-refractivity contribution in [2.24, 2.45) is 0 Å². The summed E-state index contributed by atoms with van der Waals surface area (Å²) in [6.45, 7) is 5.47. The molecule has 0 bridgehead atoms. The second-order valence-corrected chi connectivity index (χ2v) is 5.95. The van der Waals surface area contributed by atoms with Gasteiger partial charge in [-0.05, 0) is 19.1 Å². The second kappa shape index (κ2) is 8.87. The Morgan fingerprint density at radius 3 is 2.86 bits per heavy atom. The molecule has 0 aliphatic rings. The normalized spacial score (nSPS) is 11.0. The van der Waals surface area contributed by atoms with Crippen LogP contribution in [0, 0.1) is 6.92 Å². The van der Waals surface area contributed by atoms with E-state index >= 15 is 0 Å². The Balaban J connectivity index is 1.83. The number of imidazole rings is 1. The molecule has 2 rings (SSSR count). The lowest BCUT2D eigenvalue weighted by Gasteiger charge is -2.11. The van der Waals surface area contributed by atoms with Crippen LogP contribution >= 0.6 is 11.8 Å². The van der Waals surface area contributed by atoms with Crippen LogP contribution in [0.2, 0.25) is 0 Å². The van der Waals surface area contributed by atoms with E-state index in [1.807, 2.05) is 24.0 Å². The van der Waals surface area contributed by atoms with E-state index in [0.29, 0.717) is 0 Å². The van der Waals surface area contributed by atoms with Crippen molar-refractivity contribution < 1.29 is 4.74 Å². The number of ether oxygens (including phenoxy) is 1. The smallest absolute Gasteiger partial charge is 0.105 e. The van der Waals surface area contributed by atoms with Crippen molar-refractivity contribution in [3.8, 4) is 0 Å². The van der Waals surface area contributed by atoms with E-state index in [2.05, 4.69) is 46.1 Å². The highest BCUT2D eigenvalue weighted by atomic mass is 32.2. The molecule has 5 heteroatoms. The zero-order valence-electron chi connectivity index (χ0n) is 12.7. The Kier molecular flexibility index (Phi) is 6.79. The van der Waals surface area contributed by atoms with Gasteiger partial charge in [-0.3, -0.25) is 0 Å². The molecule has 0 saturated heterocycles. The van der Waals surface area contributed by atoms with E-state index in [9.17, 15) is 0 Å². The van der Waals surface area contributed by atoms with E-state index in [-0.39, 0.29) is 0 Å². The second-order valence-electron chi connectivity index (χ2n) is 4.78. The highest BCUT2D eigenvalue weighted by Crippen LogP contribution is 2.18. The quantitative estimate of drug-likeness (QED) is 0.571. The van der Waals surface area contributed by atoms with Crippen LogP contribution < -0.4 is 5.32 Å². The molecule has 0 unspecified atom stereocenters. The van der Waals surface area contributed by atoms with Crippen LogP contribution in [0.3, 0.4) is 0 Å². The zero-order valence-corrected chi connectivity index (χ0v) is 13.5. The Bertz CT molecular complexity index is 528. The average Bonchev–Trinajstić information content (AvgIpc) is 2.86. The van der Waals surface area contributed by atoms with Crippen LogP contribution in [0.5, 0.6) is 0 Å². The predicted octanol–water partition coefficient (Wildman–Crippen LogP) is 2.72. The number of nitrogens with one attached hydrogen (secondary N) is 1. The van der Waals surface area contributed by atoms with E-state index in [0.717, 1.165) is 37.8 Å². The number of hydrogen-bond acceptors (Lipinski definition) is 4. The van der Waals surface area contributed by atoms with Gasteiger partial charge in [0.2, 0.25) is 0 Å². The van der Waals surface area contributed by atoms with Crippen LogP contribution in [-0.4, -0.2) is 35.6 Å². The third kappa shape index (κ3) is 5.19. The number of nitrogens with zero attached hydrogens (tertiary/aromatic N) is 2. The van der Waals surface area contributed by atoms with Gasteiger partial charge in [-0.25, -0.2) is 4.98 Å². The molecule has 1 N–H and O–H groups in total. The fourth-order valence-electron chi connectivity index (χ4n) is 2.12. The number of aryl methyl sites for hydroxylation is 1. The molecular weight excluding hydrogens is 282 g/mol. The summed E-state index contributed by atoms with van der Waals surface area (Å²) < 4.78 is 7.33. The number of aromatic nitrogens is 2. The van der Waals surface area contributed by atoms with Gasteiger partial charge in [-0.15, -0.1) is 11.8 Å². The molecule has 1 heterocycles. The summed E-state index contributed by atoms with van der Waals surface area (Å²) in [5, 5.41) is 3.37. The standard InChI is InChI=1S/C16H23N3OS/c1-14-18-13-15(12-17-8-10-20-2)19(14)9-11-21-16-6-4-3-5-7-16/h3-7,13,17H,8-12H2,1-2H3. The minimum atomic E-state index is 0.733. The fourth-order valence-corrected chi connectivity index (χ4v) is 2.98. The first-order valence-corrected chi connectivity index (χ1v) is 8.18. The van der Waals surface area contributed by atoms with Gasteiger partial charge in [0.05, 0.1) is 12.3 Å². The minimum absolute atomic E-state index is 0.733. The third-order valence-electron chi connectivity index (χ3n) is 3.25. The summed E-state index contributed by atoms with van der Waals surface area (Å²) >= 11 is 1.88. The number of thioether (sulfide) groups is 1. The van der Waals surface area contributed by atoms with Gasteiger partial charge in [0, 0.05) is 43.6 Å². The summed E-state index contributed by atoms with van der Waals surface area (Å²) in [4.78, 5) is 5.74. The van der Waals surface area contributed by atoms with Gasteiger partial charge in [-0.1, -0.05) is 18.2 Å². The molecule has 2 aromatic rings. The number of benzene rings is 1. The predicted molar refractivity (Wildman–Crippen MR) is 87.7 cm³/mol. The van der Waals surface area contributed by atoms with Crippen molar-refractivity contribution in [1.29, 1.82) is 0 Å². The zero-order chi connectivity index (χ0) is 14.9. The maximum Gasteiger partial charge on any atom is 0.105 e. The summed E-state index contributed by atoms with van der Waals surface area (Å²) in [6, 6.07) is 10.5. The average molecular weight is 305 g/mol. The first-order chi connectivity index (χ1) is 10.3. The van der Waals surface area contributed by atoms with Crippen molar-refractivity contribution in [2.45, 2.75) is 24.9 Å². The molecule has 0 aliphatic heterocycles. The molecule has 0 aliphatic carbocycles. The van der Waals surface area contributed by atoms with E-state index in [1.54, 1.807) is 7.11 Å². The van der Waals surface area contributed by atoms with E-state index in [1.165, 1.54) is 10.6 Å². The Morgan fingerprint density at radius 2 is 2.10 bits per heavy atom. The maximum atomic E-state index is 5.04. The van der Waals surface area contributed by atoms with Gasteiger partial charge in [0.25, 0.3) is 0 Å². The largest absolute Gasteiger partial charge is 0.383 e. The Morgan fingerprint density at radius 1 is 1.29 bits per heavy atom. The van der Waals surface area contributed by atoms with Crippen molar-refractivity contribution in [3.05, 3.63) is 48.0 Å².